The fraction of sp³-hybridized carbons (Fsp3) is 0.364. The summed E-state index contributed by atoms with van der Waals surface area (Å²) in [5.41, 5.74) is 1.36. The van der Waals surface area contributed by atoms with Crippen molar-refractivity contribution >= 4 is 5.97 Å². The lowest BCUT2D eigenvalue weighted by Crippen LogP contribution is -2.28. The summed E-state index contributed by atoms with van der Waals surface area (Å²) in [5.74, 6) is -1.18. The Bertz CT molecular complexity index is 415. The van der Waals surface area contributed by atoms with Crippen molar-refractivity contribution in [2.24, 2.45) is 5.92 Å². The van der Waals surface area contributed by atoms with Crippen LogP contribution in [0.4, 0.5) is 4.39 Å². The second-order valence-corrected chi connectivity index (χ2v) is 3.76. The molecule has 0 bridgehead atoms. The van der Waals surface area contributed by atoms with Crippen molar-refractivity contribution in [1.29, 1.82) is 0 Å². The van der Waals surface area contributed by atoms with Gasteiger partial charge < -0.3 is 9.84 Å². The van der Waals surface area contributed by atoms with Crippen LogP contribution in [-0.2, 0) is 11.2 Å². The molecular weight excluding hydrogens is 199 g/mol. The Morgan fingerprint density at radius 1 is 1.60 bits per heavy atom. The normalized spacial score (nSPS) is 19.2. The van der Waals surface area contributed by atoms with Crippen LogP contribution in [0.1, 0.15) is 11.1 Å². The van der Waals surface area contributed by atoms with Gasteiger partial charge in [-0.05, 0) is 36.6 Å². The van der Waals surface area contributed by atoms with E-state index in [9.17, 15) is 9.18 Å². The molecule has 1 aromatic carbocycles. The van der Waals surface area contributed by atoms with Crippen molar-refractivity contribution in [1.82, 2.24) is 0 Å². The average Bonchev–Trinajstić information content (AvgIpc) is 2.16. The van der Waals surface area contributed by atoms with Crippen molar-refractivity contribution in [3.8, 4) is 5.75 Å². The first kappa shape index (κ1) is 9.96. The topological polar surface area (TPSA) is 46.5 Å². The molecule has 1 aliphatic rings. The lowest BCUT2D eigenvalue weighted by Gasteiger charge is -2.23. The van der Waals surface area contributed by atoms with Gasteiger partial charge in [-0.1, -0.05) is 0 Å². The Kier molecular flexibility index (Phi) is 2.34. The van der Waals surface area contributed by atoms with E-state index >= 15 is 0 Å². The quantitative estimate of drug-likeness (QED) is 0.768. The lowest BCUT2D eigenvalue weighted by atomic mass is 9.95. The molecule has 1 N–H and O–H groups in total. The van der Waals surface area contributed by atoms with Crippen LogP contribution in [0.25, 0.3) is 0 Å². The summed E-state index contributed by atoms with van der Waals surface area (Å²) in [5, 5.41) is 8.83. The van der Waals surface area contributed by atoms with Gasteiger partial charge in [0, 0.05) is 0 Å². The van der Waals surface area contributed by atoms with Crippen LogP contribution in [0.15, 0.2) is 12.1 Å². The van der Waals surface area contributed by atoms with E-state index in [4.69, 9.17) is 9.84 Å². The van der Waals surface area contributed by atoms with Crippen LogP contribution < -0.4 is 4.74 Å². The smallest absolute Gasteiger partial charge is 0.310 e. The number of halogens is 1. The van der Waals surface area contributed by atoms with E-state index in [0.717, 1.165) is 0 Å². The number of ether oxygens (including phenoxy) is 1. The van der Waals surface area contributed by atoms with Crippen LogP contribution in [0.3, 0.4) is 0 Å². The van der Waals surface area contributed by atoms with Gasteiger partial charge in [-0.3, -0.25) is 4.79 Å². The summed E-state index contributed by atoms with van der Waals surface area (Å²) in [6.45, 7) is 1.91. The van der Waals surface area contributed by atoms with E-state index < -0.39 is 11.9 Å². The van der Waals surface area contributed by atoms with Gasteiger partial charge in [-0.2, -0.15) is 0 Å². The summed E-state index contributed by atoms with van der Waals surface area (Å²) in [4.78, 5) is 10.8. The third kappa shape index (κ3) is 1.79. The predicted octanol–water partition coefficient (Wildman–Crippen LogP) is 1.77. The fourth-order valence-corrected chi connectivity index (χ4v) is 1.82. The van der Waals surface area contributed by atoms with Gasteiger partial charge in [0.2, 0.25) is 0 Å². The maximum atomic E-state index is 13.1. The molecule has 0 radical (unpaired) electrons. The van der Waals surface area contributed by atoms with Gasteiger partial charge in [0.1, 0.15) is 18.2 Å². The minimum absolute atomic E-state index is 0.162. The molecule has 0 aromatic heterocycles. The van der Waals surface area contributed by atoms with Crippen molar-refractivity contribution in [2.75, 3.05) is 6.61 Å². The summed E-state index contributed by atoms with van der Waals surface area (Å²) in [7, 11) is 0. The van der Waals surface area contributed by atoms with Crippen molar-refractivity contribution in [3.63, 3.8) is 0 Å². The molecule has 0 amide bonds. The van der Waals surface area contributed by atoms with Gasteiger partial charge in [-0.25, -0.2) is 4.39 Å². The first-order chi connectivity index (χ1) is 7.08. The number of carbonyl (C=O) groups is 1. The highest BCUT2D eigenvalue weighted by atomic mass is 19.1. The number of fused-ring (bicyclic) bond motifs is 1. The first-order valence-corrected chi connectivity index (χ1v) is 4.72. The molecule has 4 heteroatoms. The van der Waals surface area contributed by atoms with Crippen LogP contribution in [0, 0.1) is 18.7 Å². The summed E-state index contributed by atoms with van der Waals surface area (Å²) in [6.07, 6.45) is 0.337. The van der Waals surface area contributed by atoms with Crippen LogP contribution in [0.2, 0.25) is 0 Å². The summed E-state index contributed by atoms with van der Waals surface area (Å²) < 4.78 is 18.4. The number of hydrogen-bond acceptors (Lipinski definition) is 2. The van der Waals surface area contributed by atoms with E-state index in [1.807, 2.05) is 0 Å². The predicted molar refractivity (Wildman–Crippen MR) is 51.5 cm³/mol. The molecule has 80 valence electrons. The molecule has 2 rings (SSSR count). The van der Waals surface area contributed by atoms with Crippen LogP contribution in [-0.4, -0.2) is 17.7 Å². The SMILES string of the molecule is Cc1cc(F)cc2c1OC[C@H](C(=O)O)C2. The Balaban J connectivity index is 2.37. The van der Waals surface area contributed by atoms with Gasteiger partial charge >= 0.3 is 5.97 Å². The molecule has 0 spiro atoms. The second-order valence-electron chi connectivity index (χ2n) is 3.76. The number of carboxylic acids is 1. The number of hydrogen-bond donors (Lipinski definition) is 1. The van der Waals surface area contributed by atoms with Crippen LogP contribution in [0.5, 0.6) is 5.75 Å². The van der Waals surface area contributed by atoms with E-state index in [1.54, 1.807) is 6.92 Å². The zero-order valence-corrected chi connectivity index (χ0v) is 8.29. The third-order valence-electron chi connectivity index (χ3n) is 2.56. The number of aryl methyl sites for hydroxylation is 1. The number of benzene rings is 1. The largest absolute Gasteiger partial charge is 0.492 e. The molecule has 0 fully saturated rings. The zero-order chi connectivity index (χ0) is 11.0. The molecule has 1 heterocycles. The molecule has 1 aliphatic heterocycles. The minimum Gasteiger partial charge on any atom is -0.492 e. The Hall–Kier alpha value is -1.58. The number of carboxylic acid groups (broad SMARTS) is 1. The molecule has 0 unspecified atom stereocenters. The van der Waals surface area contributed by atoms with Gasteiger partial charge in [0.15, 0.2) is 0 Å². The average molecular weight is 210 g/mol. The Morgan fingerprint density at radius 3 is 3.00 bits per heavy atom. The minimum atomic E-state index is -0.900. The number of aliphatic carboxylic acids is 1. The highest BCUT2D eigenvalue weighted by Gasteiger charge is 2.26. The zero-order valence-electron chi connectivity index (χ0n) is 8.29. The molecule has 1 aromatic rings. The Morgan fingerprint density at radius 2 is 2.33 bits per heavy atom. The van der Waals surface area contributed by atoms with E-state index in [2.05, 4.69) is 0 Å². The highest BCUT2D eigenvalue weighted by Crippen LogP contribution is 2.31. The number of rotatable bonds is 1. The van der Waals surface area contributed by atoms with Crippen molar-refractivity contribution < 1.29 is 19.0 Å². The highest BCUT2D eigenvalue weighted by molar-refractivity contribution is 5.71. The third-order valence-corrected chi connectivity index (χ3v) is 2.56. The van der Waals surface area contributed by atoms with Crippen molar-refractivity contribution in [2.45, 2.75) is 13.3 Å². The molecule has 0 saturated heterocycles. The van der Waals surface area contributed by atoms with Crippen molar-refractivity contribution in [3.05, 3.63) is 29.1 Å². The molecule has 15 heavy (non-hydrogen) atoms. The molecule has 3 nitrogen and oxygen atoms in total. The van der Waals surface area contributed by atoms with Crippen LogP contribution >= 0.6 is 0 Å². The summed E-state index contributed by atoms with van der Waals surface area (Å²) in [6, 6.07) is 2.73. The first-order valence-electron chi connectivity index (χ1n) is 4.72. The lowest BCUT2D eigenvalue weighted by molar-refractivity contribution is -0.143. The standard InChI is InChI=1S/C11H11FO3/c1-6-2-9(12)4-7-3-8(11(13)14)5-15-10(6)7/h2,4,8H,3,5H2,1H3,(H,13,14)/t8-/m1/s1. The maximum absolute atomic E-state index is 13.1. The maximum Gasteiger partial charge on any atom is 0.310 e. The molecule has 1 atom stereocenters. The van der Waals surface area contributed by atoms with Gasteiger partial charge in [0.25, 0.3) is 0 Å². The Labute approximate surface area is 86.5 Å². The van der Waals surface area contributed by atoms with E-state index in [0.29, 0.717) is 23.3 Å². The van der Waals surface area contributed by atoms with E-state index in [-0.39, 0.29) is 12.4 Å². The monoisotopic (exact) mass is 210 g/mol. The van der Waals surface area contributed by atoms with Gasteiger partial charge in [0.05, 0.1) is 5.92 Å². The van der Waals surface area contributed by atoms with Gasteiger partial charge in [-0.15, -0.1) is 0 Å². The van der Waals surface area contributed by atoms with E-state index in [1.165, 1.54) is 12.1 Å². The molecular formula is C11H11FO3. The molecule has 0 saturated carbocycles. The fourth-order valence-electron chi connectivity index (χ4n) is 1.82. The molecule has 0 aliphatic carbocycles. The second kappa shape index (κ2) is 3.53. The summed E-state index contributed by atoms with van der Waals surface area (Å²) >= 11 is 0.